The summed E-state index contributed by atoms with van der Waals surface area (Å²) < 4.78 is 1.75. The first-order valence-corrected chi connectivity index (χ1v) is 8.59. The maximum Gasteiger partial charge on any atom is 0.234 e. The van der Waals surface area contributed by atoms with Crippen LogP contribution in [0.4, 0.5) is 5.69 Å². The van der Waals surface area contributed by atoms with Crippen LogP contribution in [0.3, 0.4) is 0 Å². The van der Waals surface area contributed by atoms with Crippen LogP contribution in [0.5, 0.6) is 0 Å². The summed E-state index contributed by atoms with van der Waals surface area (Å²) in [5, 5.41) is 4.20. The van der Waals surface area contributed by atoms with Crippen LogP contribution in [0.2, 0.25) is 0 Å². The summed E-state index contributed by atoms with van der Waals surface area (Å²) in [4.78, 5) is 21.9. The van der Waals surface area contributed by atoms with Gasteiger partial charge in [0.25, 0.3) is 0 Å². The smallest absolute Gasteiger partial charge is 0.234 e. The first-order chi connectivity index (χ1) is 11.7. The average molecular weight is 325 g/mol. The topological polar surface area (TPSA) is 54.3 Å². The minimum atomic E-state index is -0.233. The summed E-state index contributed by atoms with van der Waals surface area (Å²) in [6.45, 7) is 3.49. The molecule has 0 radical (unpaired) electrons. The second kappa shape index (κ2) is 6.02. The van der Waals surface area contributed by atoms with Crippen LogP contribution in [0.1, 0.15) is 25.0 Å². The third kappa shape index (κ3) is 2.71. The van der Waals surface area contributed by atoms with Gasteiger partial charge in [0.1, 0.15) is 0 Å². The van der Waals surface area contributed by atoms with E-state index in [0.717, 1.165) is 56.8 Å². The highest BCUT2D eigenvalue weighted by Crippen LogP contribution is 2.41. The van der Waals surface area contributed by atoms with Gasteiger partial charge in [0.15, 0.2) is 0 Å². The number of hydrogen-bond acceptors (Lipinski definition) is 4. The molecule has 0 saturated carbocycles. The van der Waals surface area contributed by atoms with Crippen LogP contribution in [0.25, 0.3) is 0 Å². The molecule has 2 aromatic rings. The van der Waals surface area contributed by atoms with Gasteiger partial charge >= 0.3 is 0 Å². The van der Waals surface area contributed by atoms with Crippen molar-refractivity contribution in [2.24, 2.45) is 12.5 Å². The van der Waals surface area contributed by atoms with E-state index in [9.17, 15) is 4.79 Å². The number of rotatable bonds is 3. The van der Waals surface area contributed by atoms with E-state index in [1.54, 1.807) is 10.9 Å². The SMILES string of the molecule is Cn1cc(N2CC[C@@]3(CCCN(Cc4ccccn4)C3)C2=O)cn1. The Morgan fingerprint density at radius 1 is 1.25 bits per heavy atom. The Labute approximate surface area is 142 Å². The zero-order chi connectivity index (χ0) is 16.6. The molecule has 2 saturated heterocycles. The number of carbonyl (C=O) groups is 1. The largest absolute Gasteiger partial charge is 0.309 e. The second-order valence-corrected chi connectivity index (χ2v) is 6.99. The molecule has 2 aromatic heterocycles. The molecule has 1 amide bonds. The Kier molecular flexibility index (Phi) is 3.84. The molecule has 0 unspecified atom stereocenters. The molecular weight excluding hydrogens is 302 g/mol. The van der Waals surface area contributed by atoms with Crippen molar-refractivity contribution in [2.45, 2.75) is 25.8 Å². The minimum absolute atomic E-state index is 0.233. The summed E-state index contributed by atoms with van der Waals surface area (Å²) in [6.07, 6.45) is 8.52. The lowest BCUT2D eigenvalue weighted by molar-refractivity contribution is -0.128. The third-order valence-electron chi connectivity index (χ3n) is 5.28. The van der Waals surface area contributed by atoms with Crippen LogP contribution < -0.4 is 4.90 Å². The Hall–Kier alpha value is -2.21. The van der Waals surface area contributed by atoms with E-state index in [4.69, 9.17) is 0 Å². The van der Waals surface area contributed by atoms with E-state index in [1.807, 2.05) is 36.5 Å². The first-order valence-electron chi connectivity index (χ1n) is 8.59. The van der Waals surface area contributed by atoms with E-state index >= 15 is 0 Å². The Morgan fingerprint density at radius 2 is 2.17 bits per heavy atom. The maximum atomic E-state index is 13.1. The molecule has 6 heteroatoms. The monoisotopic (exact) mass is 325 g/mol. The molecule has 4 heterocycles. The van der Waals surface area contributed by atoms with Gasteiger partial charge in [-0.15, -0.1) is 0 Å². The van der Waals surface area contributed by atoms with Gasteiger partial charge < -0.3 is 4.90 Å². The molecular formula is C18H23N5O. The van der Waals surface area contributed by atoms with Crippen molar-refractivity contribution in [1.82, 2.24) is 19.7 Å². The number of aryl methyl sites for hydroxylation is 1. The lowest BCUT2D eigenvalue weighted by atomic mass is 9.78. The van der Waals surface area contributed by atoms with Crippen molar-refractivity contribution in [2.75, 3.05) is 24.5 Å². The molecule has 2 fully saturated rings. The molecule has 1 atom stereocenters. The van der Waals surface area contributed by atoms with Gasteiger partial charge in [-0.05, 0) is 37.9 Å². The fourth-order valence-corrected chi connectivity index (χ4v) is 4.08. The zero-order valence-corrected chi connectivity index (χ0v) is 14.1. The lowest BCUT2D eigenvalue weighted by Crippen LogP contribution is -2.47. The summed E-state index contributed by atoms with van der Waals surface area (Å²) >= 11 is 0. The number of aromatic nitrogens is 3. The molecule has 0 aromatic carbocycles. The molecule has 0 aliphatic carbocycles. The molecule has 24 heavy (non-hydrogen) atoms. The molecule has 0 bridgehead atoms. The Balaban J connectivity index is 1.49. The quantitative estimate of drug-likeness (QED) is 0.864. The van der Waals surface area contributed by atoms with Gasteiger partial charge in [0.05, 0.1) is 23.0 Å². The van der Waals surface area contributed by atoms with Gasteiger partial charge in [0, 0.05) is 39.1 Å². The van der Waals surface area contributed by atoms with E-state index in [-0.39, 0.29) is 11.3 Å². The van der Waals surface area contributed by atoms with Crippen molar-refractivity contribution in [3.05, 3.63) is 42.5 Å². The average Bonchev–Trinajstić information content (AvgIpc) is 3.14. The zero-order valence-electron chi connectivity index (χ0n) is 14.1. The van der Waals surface area contributed by atoms with Crippen LogP contribution >= 0.6 is 0 Å². The Morgan fingerprint density at radius 3 is 2.92 bits per heavy atom. The van der Waals surface area contributed by atoms with Gasteiger partial charge in [-0.3, -0.25) is 19.4 Å². The van der Waals surface area contributed by atoms with Gasteiger partial charge in [-0.25, -0.2) is 0 Å². The van der Waals surface area contributed by atoms with E-state index < -0.39 is 0 Å². The highest BCUT2D eigenvalue weighted by atomic mass is 16.2. The van der Waals surface area contributed by atoms with Gasteiger partial charge in [-0.1, -0.05) is 6.07 Å². The predicted molar refractivity (Wildman–Crippen MR) is 91.4 cm³/mol. The number of likely N-dealkylation sites (tertiary alicyclic amines) is 1. The number of anilines is 1. The molecule has 126 valence electrons. The van der Waals surface area contributed by atoms with Crippen LogP contribution in [0.15, 0.2) is 36.8 Å². The third-order valence-corrected chi connectivity index (χ3v) is 5.28. The highest BCUT2D eigenvalue weighted by molar-refractivity contribution is 6.00. The number of carbonyl (C=O) groups excluding carboxylic acids is 1. The molecule has 4 rings (SSSR count). The number of hydrogen-bond donors (Lipinski definition) is 0. The predicted octanol–water partition coefficient (Wildman–Crippen LogP) is 1.83. The summed E-state index contributed by atoms with van der Waals surface area (Å²) in [7, 11) is 1.88. The van der Waals surface area contributed by atoms with Crippen molar-refractivity contribution in [1.29, 1.82) is 0 Å². The van der Waals surface area contributed by atoms with E-state index in [1.165, 1.54) is 0 Å². The van der Waals surface area contributed by atoms with Crippen LogP contribution in [0, 0.1) is 5.41 Å². The summed E-state index contributed by atoms with van der Waals surface area (Å²) in [5.74, 6) is 0.265. The number of pyridine rings is 1. The summed E-state index contributed by atoms with van der Waals surface area (Å²) in [5.41, 5.74) is 1.76. The number of piperidine rings is 1. The van der Waals surface area contributed by atoms with Gasteiger partial charge in [-0.2, -0.15) is 5.10 Å². The fraction of sp³-hybridized carbons (Fsp3) is 0.500. The molecule has 0 N–H and O–H groups in total. The molecule has 1 spiro atoms. The molecule has 2 aliphatic heterocycles. The van der Waals surface area contributed by atoms with Crippen LogP contribution in [-0.4, -0.2) is 45.2 Å². The normalized spacial score (nSPS) is 24.9. The minimum Gasteiger partial charge on any atom is -0.309 e. The van der Waals surface area contributed by atoms with Gasteiger partial charge in [0.2, 0.25) is 5.91 Å². The lowest BCUT2D eigenvalue weighted by Gasteiger charge is -2.38. The van der Waals surface area contributed by atoms with Crippen molar-refractivity contribution >= 4 is 11.6 Å². The number of amides is 1. The van der Waals surface area contributed by atoms with Crippen LogP contribution in [-0.2, 0) is 18.4 Å². The second-order valence-electron chi connectivity index (χ2n) is 6.99. The van der Waals surface area contributed by atoms with Crippen molar-refractivity contribution in [3.63, 3.8) is 0 Å². The fourth-order valence-electron chi connectivity index (χ4n) is 4.08. The maximum absolute atomic E-state index is 13.1. The first kappa shape index (κ1) is 15.3. The van der Waals surface area contributed by atoms with E-state index in [0.29, 0.717) is 0 Å². The van der Waals surface area contributed by atoms with E-state index in [2.05, 4.69) is 21.0 Å². The highest BCUT2D eigenvalue weighted by Gasteiger charge is 2.49. The van der Waals surface area contributed by atoms with Crippen molar-refractivity contribution in [3.8, 4) is 0 Å². The van der Waals surface area contributed by atoms with Crippen molar-refractivity contribution < 1.29 is 4.79 Å². The Bertz CT molecular complexity index is 728. The summed E-state index contributed by atoms with van der Waals surface area (Å²) in [6, 6.07) is 6.01. The molecule has 2 aliphatic rings. The molecule has 6 nitrogen and oxygen atoms in total. The number of nitrogens with zero attached hydrogens (tertiary/aromatic N) is 5. The standard InChI is InChI=1S/C18H23N5O/c1-21-13-16(11-20-21)23-10-7-18(17(23)24)6-4-9-22(14-18)12-15-5-2-3-8-19-15/h2-3,5,8,11,13H,4,6-7,9-10,12,14H2,1H3/t18-/m1/s1.